The third-order valence-corrected chi connectivity index (χ3v) is 4.03. The molecule has 1 aliphatic carbocycles. The Hall–Kier alpha value is -1.66. The van der Waals surface area contributed by atoms with Crippen LogP contribution in [0, 0.1) is 5.92 Å². The first-order valence-electron chi connectivity index (χ1n) is 7.00. The largest absolute Gasteiger partial charge is 0.478 e. The van der Waals surface area contributed by atoms with Crippen LogP contribution in [-0.4, -0.2) is 21.0 Å². The summed E-state index contributed by atoms with van der Waals surface area (Å²) in [5.41, 5.74) is -2.24. The minimum atomic E-state index is -4.79. The molecule has 7 heteroatoms. The van der Waals surface area contributed by atoms with Crippen molar-refractivity contribution in [2.24, 2.45) is 5.92 Å². The number of alkyl halides is 3. The molecule has 1 aromatic heterocycles. The van der Waals surface area contributed by atoms with Crippen LogP contribution >= 0.6 is 0 Å². The number of aromatic carboxylic acids is 1. The van der Waals surface area contributed by atoms with Gasteiger partial charge in [0.2, 0.25) is 0 Å². The Balaban J connectivity index is 2.35. The molecule has 0 aromatic carbocycles. The maximum atomic E-state index is 12.9. The quantitative estimate of drug-likeness (QED) is 0.920. The summed E-state index contributed by atoms with van der Waals surface area (Å²) in [6.45, 7) is 2.06. The van der Waals surface area contributed by atoms with E-state index < -0.39 is 23.4 Å². The van der Waals surface area contributed by atoms with Crippen LogP contribution in [-0.2, 0) is 6.18 Å². The van der Waals surface area contributed by atoms with Crippen molar-refractivity contribution in [2.75, 3.05) is 0 Å². The van der Waals surface area contributed by atoms with E-state index in [2.05, 4.69) is 16.9 Å². The van der Waals surface area contributed by atoms with Gasteiger partial charge in [-0.3, -0.25) is 0 Å². The Bertz CT molecular complexity index is 531. The molecule has 0 aliphatic heterocycles. The third-order valence-electron chi connectivity index (χ3n) is 4.03. The summed E-state index contributed by atoms with van der Waals surface area (Å²) in [6, 6.07) is 0. The standard InChI is InChI=1S/C14H17F3N2O2/c1-2-8-4-3-5-9(6-8)12-18-7-10(13(20)21)11(19-12)14(15,16)17/h7-9H,2-6H2,1H3,(H,20,21). The van der Waals surface area contributed by atoms with Gasteiger partial charge in [0.15, 0.2) is 5.69 Å². The fourth-order valence-electron chi connectivity index (χ4n) is 2.86. The van der Waals surface area contributed by atoms with Crippen molar-refractivity contribution in [2.45, 2.75) is 51.1 Å². The second-order valence-electron chi connectivity index (χ2n) is 5.43. The molecular formula is C14H17F3N2O2. The first kappa shape index (κ1) is 15.7. The van der Waals surface area contributed by atoms with E-state index in [1.165, 1.54) is 0 Å². The molecule has 0 bridgehead atoms. The van der Waals surface area contributed by atoms with E-state index >= 15 is 0 Å². The molecule has 0 radical (unpaired) electrons. The molecule has 1 fully saturated rings. The van der Waals surface area contributed by atoms with Gasteiger partial charge in [-0.15, -0.1) is 0 Å². The van der Waals surface area contributed by atoms with E-state index in [4.69, 9.17) is 5.11 Å². The minimum absolute atomic E-state index is 0.116. The van der Waals surface area contributed by atoms with Crippen LogP contribution in [0.3, 0.4) is 0 Å². The van der Waals surface area contributed by atoms with E-state index in [1.54, 1.807) is 0 Å². The highest BCUT2D eigenvalue weighted by molar-refractivity contribution is 5.88. The summed E-state index contributed by atoms with van der Waals surface area (Å²) < 4.78 is 38.8. The molecule has 1 N–H and O–H groups in total. The van der Waals surface area contributed by atoms with E-state index in [0.29, 0.717) is 5.92 Å². The average molecular weight is 302 g/mol. The van der Waals surface area contributed by atoms with Crippen molar-refractivity contribution >= 4 is 5.97 Å². The van der Waals surface area contributed by atoms with Crippen molar-refractivity contribution < 1.29 is 23.1 Å². The summed E-state index contributed by atoms with van der Waals surface area (Å²) in [5.74, 6) is -1.19. The number of hydrogen-bond acceptors (Lipinski definition) is 3. The third kappa shape index (κ3) is 3.51. The van der Waals surface area contributed by atoms with Crippen LogP contribution in [0.15, 0.2) is 6.20 Å². The first-order chi connectivity index (χ1) is 9.82. The molecule has 116 valence electrons. The van der Waals surface area contributed by atoms with Gasteiger partial charge in [0.25, 0.3) is 0 Å². The van der Waals surface area contributed by atoms with Gasteiger partial charge < -0.3 is 5.11 Å². The van der Waals surface area contributed by atoms with Gasteiger partial charge in [0, 0.05) is 12.1 Å². The van der Waals surface area contributed by atoms with Gasteiger partial charge in [0.1, 0.15) is 11.4 Å². The van der Waals surface area contributed by atoms with Crippen molar-refractivity contribution in [1.82, 2.24) is 9.97 Å². The molecule has 2 unspecified atom stereocenters. The first-order valence-corrected chi connectivity index (χ1v) is 7.00. The lowest BCUT2D eigenvalue weighted by Gasteiger charge is -2.27. The highest BCUT2D eigenvalue weighted by atomic mass is 19.4. The molecule has 2 atom stereocenters. The molecule has 1 aliphatic rings. The fourth-order valence-corrected chi connectivity index (χ4v) is 2.86. The lowest BCUT2D eigenvalue weighted by molar-refractivity contribution is -0.142. The Kier molecular flexibility index (Phi) is 4.49. The number of aromatic nitrogens is 2. The van der Waals surface area contributed by atoms with Crippen molar-refractivity contribution in [3.63, 3.8) is 0 Å². The number of halogens is 3. The van der Waals surface area contributed by atoms with Crippen LogP contribution in [0.25, 0.3) is 0 Å². The van der Waals surface area contributed by atoms with Crippen molar-refractivity contribution in [1.29, 1.82) is 0 Å². The Morgan fingerprint density at radius 2 is 2.14 bits per heavy atom. The number of rotatable bonds is 3. The molecule has 1 saturated carbocycles. The van der Waals surface area contributed by atoms with Gasteiger partial charge in [-0.05, 0) is 18.8 Å². The van der Waals surface area contributed by atoms with Gasteiger partial charge >= 0.3 is 12.1 Å². The van der Waals surface area contributed by atoms with Crippen molar-refractivity contribution in [3.05, 3.63) is 23.3 Å². The topological polar surface area (TPSA) is 63.1 Å². The van der Waals surface area contributed by atoms with Crippen LogP contribution in [0.4, 0.5) is 13.2 Å². The Morgan fingerprint density at radius 1 is 1.43 bits per heavy atom. The Morgan fingerprint density at radius 3 is 2.71 bits per heavy atom. The lowest BCUT2D eigenvalue weighted by Crippen LogP contribution is -2.21. The number of carboxylic acid groups (broad SMARTS) is 1. The highest BCUT2D eigenvalue weighted by Gasteiger charge is 2.39. The summed E-state index contributed by atoms with van der Waals surface area (Å²) >= 11 is 0. The summed E-state index contributed by atoms with van der Waals surface area (Å²) in [4.78, 5) is 18.3. The van der Waals surface area contributed by atoms with Crippen LogP contribution in [0.2, 0.25) is 0 Å². The average Bonchev–Trinajstić information content (AvgIpc) is 2.45. The predicted octanol–water partition coefficient (Wildman–Crippen LogP) is 3.88. The van der Waals surface area contributed by atoms with Gasteiger partial charge in [-0.1, -0.05) is 26.2 Å². The zero-order valence-electron chi connectivity index (χ0n) is 11.7. The Labute approximate surface area is 120 Å². The smallest absolute Gasteiger partial charge is 0.434 e. The molecule has 21 heavy (non-hydrogen) atoms. The molecule has 2 rings (SSSR count). The van der Waals surface area contributed by atoms with Gasteiger partial charge in [0.05, 0.1) is 0 Å². The maximum Gasteiger partial charge on any atom is 0.434 e. The normalized spacial score (nSPS) is 23.0. The molecular weight excluding hydrogens is 285 g/mol. The SMILES string of the molecule is CCC1CCCC(c2ncc(C(=O)O)c(C(F)(F)F)n2)C1. The summed E-state index contributed by atoms with van der Waals surface area (Å²) in [7, 11) is 0. The second kappa shape index (κ2) is 5.99. The summed E-state index contributed by atoms with van der Waals surface area (Å²) in [6.07, 6.45) is 0.504. The maximum absolute atomic E-state index is 12.9. The molecule has 1 aromatic rings. The van der Waals surface area contributed by atoms with Gasteiger partial charge in [-0.2, -0.15) is 13.2 Å². The lowest BCUT2D eigenvalue weighted by atomic mass is 9.80. The predicted molar refractivity (Wildman–Crippen MR) is 69.0 cm³/mol. The fraction of sp³-hybridized carbons (Fsp3) is 0.643. The molecule has 4 nitrogen and oxygen atoms in total. The monoisotopic (exact) mass is 302 g/mol. The van der Waals surface area contributed by atoms with Crippen molar-refractivity contribution in [3.8, 4) is 0 Å². The number of nitrogens with zero attached hydrogens (tertiary/aromatic N) is 2. The van der Waals surface area contributed by atoms with Crippen LogP contribution in [0.5, 0.6) is 0 Å². The zero-order chi connectivity index (χ0) is 15.6. The second-order valence-corrected chi connectivity index (χ2v) is 5.43. The van der Waals surface area contributed by atoms with E-state index in [-0.39, 0.29) is 11.7 Å². The number of hydrogen-bond donors (Lipinski definition) is 1. The molecule has 0 amide bonds. The number of carboxylic acids is 1. The van der Waals surface area contributed by atoms with E-state index in [9.17, 15) is 18.0 Å². The highest BCUT2D eigenvalue weighted by Crippen LogP contribution is 2.37. The zero-order valence-corrected chi connectivity index (χ0v) is 11.7. The molecule has 0 saturated heterocycles. The van der Waals surface area contributed by atoms with E-state index in [1.807, 2.05) is 0 Å². The number of carbonyl (C=O) groups is 1. The molecule has 1 heterocycles. The van der Waals surface area contributed by atoms with E-state index in [0.717, 1.165) is 38.3 Å². The van der Waals surface area contributed by atoms with Crippen LogP contribution in [0.1, 0.15) is 66.8 Å². The summed E-state index contributed by atoms with van der Waals surface area (Å²) in [5, 5.41) is 8.83. The molecule has 0 spiro atoms. The van der Waals surface area contributed by atoms with Crippen LogP contribution < -0.4 is 0 Å². The van der Waals surface area contributed by atoms with Gasteiger partial charge in [-0.25, -0.2) is 14.8 Å². The minimum Gasteiger partial charge on any atom is -0.478 e.